The molecule has 27 heavy (non-hydrogen) atoms. The number of benzene rings is 2. The van der Waals surface area contributed by atoms with Crippen molar-refractivity contribution in [3.63, 3.8) is 0 Å². The van der Waals surface area contributed by atoms with E-state index in [1.165, 1.54) is 5.69 Å². The minimum Gasteiger partial charge on any atom is -0.497 e. The molecule has 1 heterocycles. The minimum absolute atomic E-state index is 0.365. The summed E-state index contributed by atoms with van der Waals surface area (Å²) in [5.74, 6) is 1.73. The Balaban J connectivity index is 1.62. The molecule has 5 nitrogen and oxygen atoms in total. The van der Waals surface area contributed by atoms with Gasteiger partial charge in [0.05, 0.1) is 14.2 Å². The Morgan fingerprint density at radius 3 is 2.30 bits per heavy atom. The van der Waals surface area contributed by atoms with Crippen LogP contribution in [0.25, 0.3) is 0 Å². The first-order valence-corrected chi connectivity index (χ1v) is 9.54. The van der Waals surface area contributed by atoms with Gasteiger partial charge in [-0.2, -0.15) is 0 Å². The van der Waals surface area contributed by atoms with Crippen LogP contribution < -0.4 is 19.7 Å². The fourth-order valence-electron chi connectivity index (χ4n) is 3.40. The van der Waals surface area contributed by atoms with E-state index in [9.17, 15) is 0 Å². The number of nitrogens with one attached hydrogen (secondary N) is 1. The quantitative estimate of drug-likeness (QED) is 0.804. The second-order valence-electron chi connectivity index (χ2n) is 6.80. The fourth-order valence-corrected chi connectivity index (χ4v) is 3.67. The molecular weight excluding hydrogens is 358 g/mol. The van der Waals surface area contributed by atoms with E-state index < -0.39 is 0 Å². The van der Waals surface area contributed by atoms with E-state index in [-0.39, 0.29) is 0 Å². The maximum absolute atomic E-state index is 5.67. The topological polar surface area (TPSA) is 37.0 Å². The number of piperazine rings is 1. The van der Waals surface area contributed by atoms with Gasteiger partial charge < -0.3 is 24.6 Å². The average Bonchev–Trinajstić information content (AvgIpc) is 2.69. The SMILES string of the molecule is COc1ccc(N2CCN(C(=S)Nc3ccc(OC)cc3C)CC2C)cc1. The minimum atomic E-state index is 0.365. The van der Waals surface area contributed by atoms with Gasteiger partial charge in [-0.1, -0.05) is 0 Å². The van der Waals surface area contributed by atoms with Gasteiger partial charge >= 0.3 is 0 Å². The van der Waals surface area contributed by atoms with Crippen molar-refractivity contribution in [3.8, 4) is 11.5 Å². The molecule has 0 saturated carbocycles. The van der Waals surface area contributed by atoms with Gasteiger partial charge in [-0.25, -0.2) is 0 Å². The molecule has 0 amide bonds. The van der Waals surface area contributed by atoms with Gasteiger partial charge in [-0.05, 0) is 74.1 Å². The first-order valence-electron chi connectivity index (χ1n) is 9.13. The predicted molar refractivity (Wildman–Crippen MR) is 115 cm³/mol. The molecule has 2 aromatic carbocycles. The maximum Gasteiger partial charge on any atom is 0.173 e. The van der Waals surface area contributed by atoms with Crippen molar-refractivity contribution in [2.45, 2.75) is 19.9 Å². The zero-order valence-electron chi connectivity index (χ0n) is 16.4. The average molecular weight is 386 g/mol. The highest BCUT2D eigenvalue weighted by Gasteiger charge is 2.25. The smallest absolute Gasteiger partial charge is 0.173 e. The van der Waals surface area contributed by atoms with Gasteiger partial charge in [0, 0.05) is 37.1 Å². The molecule has 3 rings (SSSR count). The van der Waals surface area contributed by atoms with Crippen molar-refractivity contribution in [2.75, 3.05) is 44.1 Å². The van der Waals surface area contributed by atoms with Gasteiger partial charge in [0.25, 0.3) is 0 Å². The summed E-state index contributed by atoms with van der Waals surface area (Å²) in [5, 5.41) is 4.16. The molecule has 1 aliphatic rings. The van der Waals surface area contributed by atoms with E-state index in [1.54, 1.807) is 14.2 Å². The van der Waals surface area contributed by atoms with Crippen LogP contribution in [0.1, 0.15) is 12.5 Å². The second-order valence-corrected chi connectivity index (χ2v) is 7.18. The number of hydrogen-bond acceptors (Lipinski definition) is 4. The number of aryl methyl sites for hydroxylation is 1. The van der Waals surface area contributed by atoms with Gasteiger partial charge in [0.2, 0.25) is 0 Å². The number of ether oxygens (including phenoxy) is 2. The Hall–Kier alpha value is -2.47. The lowest BCUT2D eigenvalue weighted by molar-refractivity contribution is 0.342. The highest BCUT2D eigenvalue weighted by Crippen LogP contribution is 2.25. The highest BCUT2D eigenvalue weighted by atomic mass is 32.1. The number of methoxy groups -OCH3 is 2. The lowest BCUT2D eigenvalue weighted by Gasteiger charge is -2.42. The summed E-state index contributed by atoms with van der Waals surface area (Å²) in [5.41, 5.74) is 3.35. The Bertz CT molecular complexity index is 795. The van der Waals surface area contributed by atoms with E-state index >= 15 is 0 Å². The van der Waals surface area contributed by atoms with Gasteiger partial charge in [-0.3, -0.25) is 0 Å². The summed E-state index contributed by atoms with van der Waals surface area (Å²) in [4.78, 5) is 4.65. The number of thiocarbonyl (C=S) groups is 1. The normalized spacial score (nSPS) is 16.8. The second kappa shape index (κ2) is 8.48. The molecule has 0 radical (unpaired) electrons. The fraction of sp³-hybridized carbons (Fsp3) is 0.381. The van der Waals surface area contributed by atoms with Crippen LogP contribution in [-0.2, 0) is 0 Å². The molecule has 1 atom stereocenters. The van der Waals surface area contributed by atoms with Crippen molar-refractivity contribution in [1.82, 2.24) is 4.90 Å². The molecule has 0 bridgehead atoms. The Kier molecular flexibility index (Phi) is 6.06. The predicted octanol–water partition coefficient (Wildman–Crippen LogP) is 3.92. The molecule has 144 valence electrons. The van der Waals surface area contributed by atoms with E-state index in [4.69, 9.17) is 21.7 Å². The van der Waals surface area contributed by atoms with Gasteiger partial charge in [-0.15, -0.1) is 0 Å². The molecule has 1 N–H and O–H groups in total. The zero-order valence-corrected chi connectivity index (χ0v) is 17.2. The third-order valence-corrected chi connectivity index (χ3v) is 5.35. The lowest BCUT2D eigenvalue weighted by Crippen LogP contribution is -2.54. The van der Waals surface area contributed by atoms with Crippen molar-refractivity contribution in [2.24, 2.45) is 0 Å². The van der Waals surface area contributed by atoms with Crippen molar-refractivity contribution in [3.05, 3.63) is 48.0 Å². The van der Waals surface area contributed by atoms with Crippen LogP contribution in [0.2, 0.25) is 0 Å². The van der Waals surface area contributed by atoms with Crippen LogP contribution in [0.5, 0.6) is 11.5 Å². The van der Waals surface area contributed by atoms with Crippen LogP contribution >= 0.6 is 12.2 Å². The molecule has 0 aromatic heterocycles. The van der Waals surface area contributed by atoms with Crippen molar-refractivity contribution >= 4 is 28.7 Å². The van der Waals surface area contributed by atoms with Crippen LogP contribution in [0.4, 0.5) is 11.4 Å². The summed E-state index contributed by atoms with van der Waals surface area (Å²) in [6.07, 6.45) is 0. The van der Waals surface area contributed by atoms with Crippen LogP contribution in [0.3, 0.4) is 0 Å². The highest BCUT2D eigenvalue weighted by molar-refractivity contribution is 7.80. The molecule has 6 heteroatoms. The van der Waals surface area contributed by atoms with Gasteiger partial charge in [0.15, 0.2) is 5.11 Å². The summed E-state index contributed by atoms with van der Waals surface area (Å²) in [7, 11) is 3.37. The molecule has 1 unspecified atom stereocenters. The molecular formula is C21H27N3O2S. The monoisotopic (exact) mass is 385 g/mol. The summed E-state index contributed by atoms with van der Waals surface area (Å²) in [6, 6.07) is 14.6. The van der Waals surface area contributed by atoms with Crippen LogP contribution in [0, 0.1) is 6.92 Å². The third-order valence-electron chi connectivity index (χ3n) is 4.99. The number of nitrogens with zero attached hydrogens (tertiary/aromatic N) is 2. The van der Waals surface area contributed by atoms with E-state index in [1.807, 2.05) is 30.3 Å². The summed E-state index contributed by atoms with van der Waals surface area (Å²) >= 11 is 5.67. The molecule has 1 fully saturated rings. The largest absolute Gasteiger partial charge is 0.497 e. The molecule has 1 aliphatic heterocycles. The lowest BCUT2D eigenvalue weighted by atomic mass is 10.1. The number of rotatable bonds is 4. The molecule has 1 saturated heterocycles. The van der Waals surface area contributed by atoms with Crippen molar-refractivity contribution in [1.29, 1.82) is 0 Å². The summed E-state index contributed by atoms with van der Waals surface area (Å²) in [6.45, 7) is 6.98. The number of anilines is 2. The third kappa shape index (κ3) is 4.45. The van der Waals surface area contributed by atoms with Crippen molar-refractivity contribution < 1.29 is 9.47 Å². The Morgan fingerprint density at radius 1 is 1.04 bits per heavy atom. The molecule has 2 aromatic rings. The molecule has 0 spiro atoms. The van der Waals surface area contributed by atoms with Crippen LogP contribution in [0.15, 0.2) is 42.5 Å². The van der Waals surface area contributed by atoms with E-state index in [2.05, 4.69) is 41.1 Å². The van der Waals surface area contributed by atoms with Gasteiger partial charge in [0.1, 0.15) is 11.5 Å². The summed E-state index contributed by atoms with van der Waals surface area (Å²) < 4.78 is 10.5. The van der Waals surface area contributed by atoms with E-state index in [0.717, 1.165) is 47.5 Å². The zero-order chi connectivity index (χ0) is 19.4. The Labute approximate surface area is 166 Å². The first kappa shape index (κ1) is 19.3. The molecule has 0 aliphatic carbocycles. The standard InChI is InChI=1S/C21H27N3O2S/c1-15-13-19(26-4)9-10-20(15)22-21(27)23-11-12-24(16(2)14-23)17-5-7-18(25-3)8-6-17/h5-10,13,16H,11-12,14H2,1-4H3,(H,22,27). The number of hydrogen-bond donors (Lipinski definition) is 1. The van der Waals surface area contributed by atoms with Crippen LogP contribution in [-0.4, -0.2) is 49.9 Å². The maximum atomic E-state index is 5.67. The first-order chi connectivity index (χ1) is 13.0. The van der Waals surface area contributed by atoms with E-state index in [0.29, 0.717) is 6.04 Å². The Morgan fingerprint density at radius 2 is 1.70 bits per heavy atom.